The van der Waals surface area contributed by atoms with Crippen molar-refractivity contribution in [1.82, 2.24) is 15.2 Å². The average Bonchev–Trinajstić information content (AvgIpc) is 2.83. The van der Waals surface area contributed by atoms with Crippen molar-refractivity contribution in [2.75, 3.05) is 6.54 Å². The molecule has 0 bridgehead atoms. The molecular weight excluding hydrogens is 250 g/mol. The lowest BCUT2D eigenvalue weighted by atomic mass is 9.87. The minimum absolute atomic E-state index is 0.0439. The predicted molar refractivity (Wildman–Crippen MR) is 80.3 cm³/mol. The molecule has 4 heteroatoms. The SMILES string of the molecule is CC(C)(C)C[C@H]1CCCN1C(=O)NCc1ccccn1. The molecule has 2 heterocycles. The Morgan fingerprint density at radius 3 is 2.90 bits per heavy atom. The molecule has 2 rings (SSSR count). The lowest BCUT2D eigenvalue weighted by Crippen LogP contribution is -2.43. The van der Waals surface area contributed by atoms with Gasteiger partial charge in [0.05, 0.1) is 12.2 Å². The summed E-state index contributed by atoms with van der Waals surface area (Å²) in [7, 11) is 0. The maximum atomic E-state index is 12.3. The van der Waals surface area contributed by atoms with E-state index in [-0.39, 0.29) is 11.4 Å². The van der Waals surface area contributed by atoms with E-state index in [1.807, 2.05) is 23.1 Å². The Kier molecular flexibility index (Phi) is 4.63. The largest absolute Gasteiger partial charge is 0.332 e. The molecule has 1 N–H and O–H groups in total. The van der Waals surface area contributed by atoms with Gasteiger partial charge in [-0.1, -0.05) is 26.8 Å². The van der Waals surface area contributed by atoms with Crippen LogP contribution < -0.4 is 5.32 Å². The molecule has 1 aliphatic heterocycles. The Morgan fingerprint density at radius 1 is 1.45 bits per heavy atom. The molecule has 0 aromatic carbocycles. The van der Waals surface area contributed by atoms with E-state index in [2.05, 4.69) is 31.1 Å². The zero-order chi connectivity index (χ0) is 14.6. The molecule has 1 fully saturated rings. The van der Waals surface area contributed by atoms with E-state index in [0.29, 0.717) is 12.6 Å². The molecule has 0 unspecified atom stereocenters. The molecule has 0 radical (unpaired) electrons. The molecule has 2 amide bonds. The number of rotatable bonds is 3. The van der Waals surface area contributed by atoms with Crippen LogP contribution in [0.4, 0.5) is 4.79 Å². The molecule has 0 saturated carbocycles. The van der Waals surface area contributed by atoms with E-state index in [0.717, 1.165) is 31.5 Å². The second-order valence-electron chi connectivity index (χ2n) is 6.73. The van der Waals surface area contributed by atoms with E-state index < -0.39 is 0 Å². The van der Waals surface area contributed by atoms with Crippen molar-refractivity contribution in [2.24, 2.45) is 5.41 Å². The zero-order valence-corrected chi connectivity index (χ0v) is 12.7. The van der Waals surface area contributed by atoms with Crippen molar-refractivity contribution in [3.63, 3.8) is 0 Å². The summed E-state index contributed by atoms with van der Waals surface area (Å²) in [5.74, 6) is 0. The van der Waals surface area contributed by atoms with Crippen LogP contribution in [0.2, 0.25) is 0 Å². The molecule has 1 aromatic heterocycles. The van der Waals surface area contributed by atoms with Gasteiger partial charge in [-0.25, -0.2) is 4.79 Å². The Hall–Kier alpha value is -1.58. The lowest BCUT2D eigenvalue weighted by Gasteiger charge is -2.30. The van der Waals surface area contributed by atoms with Crippen molar-refractivity contribution < 1.29 is 4.79 Å². The molecule has 20 heavy (non-hydrogen) atoms. The van der Waals surface area contributed by atoms with Crippen LogP contribution in [-0.4, -0.2) is 28.5 Å². The Bertz CT molecular complexity index is 439. The summed E-state index contributed by atoms with van der Waals surface area (Å²) in [6.45, 7) is 8.06. The van der Waals surface area contributed by atoms with Crippen molar-refractivity contribution >= 4 is 6.03 Å². The number of pyridine rings is 1. The highest BCUT2D eigenvalue weighted by molar-refractivity contribution is 5.74. The monoisotopic (exact) mass is 275 g/mol. The highest BCUT2D eigenvalue weighted by atomic mass is 16.2. The van der Waals surface area contributed by atoms with Gasteiger partial charge in [0, 0.05) is 18.8 Å². The number of likely N-dealkylation sites (tertiary alicyclic amines) is 1. The van der Waals surface area contributed by atoms with Gasteiger partial charge in [-0.2, -0.15) is 0 Å². The van der Waals surface area contributed by atoms with Gasteiger partial charge in [0.2, 0.25) is 0 Å². The van der Waals surface area contributed by atoms with Crippen LogP contribution in [0, 0.1) is 5.41 Å². The standard InChI is InChI=1S/C16H25N3O/c1-16(2,3)11-14-8-6-10-19(14)15(20)18-12-13-7-4-5-9-17-13/h4-5,7,9,14H,6,8,10-12H2,1-3H3,(H,18,20)/t14-/m1/s1. The minimum Gasteiger partial charge on any atom is -0.332 e. The summed E-state index contributed by atoms with van der Waals surface area (Å²) in [5, 5.41) is 2.98. The first-order valence-electron chi connectivity index (χ1n) is 7.40. The van der Waals surface area contributed by atoms with Crippen molar-refractivity contribution in [3.8, 4) is 0 Å². The van der Waals surface area contributed by atoms with E-state index in [9.17, 15) is 4.79 Å². The third-order valence-corrected chi connectivity index (χ3v) is 3.63. The van der Waals surface area contributed by atoms with Gasteiger partial charge in [0.15, 0.2) is 0 Å². The third-order valence-electron chi connectivity index (χ3n) is 3.63. The Balaban J connectivity index is 1.88. The molecule has 1 atom stereocenters. The molecule has 1 saturated heterocycles. The van der Waals surface area contributed by atoms with Crippen molar-refractivity contribution in [1.29, 1.82) is 0 Å². The molecule has 110 valence electrons. The molecule has 0 aliphatic carbocycles. The van der Waals surface area contributed by atoms with Crippen molar-refractivity contribution in [2.45, 2.75) is 52.6 Å². The maximum absolute atomic E-state index is 12.3. The van der Waals surface area contributed by atoms with Crippen molar-refractivity contribution in [3.05, 3.63) is 30.1 Å². The number of aromatic nitrogens is 1. The number of hydrogen-bond donors (Lipinski definition) is 1. The smallest absolute Gasteiger partial charge is 0.317 e. The fraction of sp³-hybridized carbons (Fsp3) is 0.625. The van der Waals surface area contributed by atoms with Crippen LogP contribution in [0.1, 0.15) is 45.7 Å². The van der Waals surface area contributed by atoms with E-state index in [1.54, 1.807) is 6.20 Å². The highest BCUT2D eigenvalue weighted by Gasteiger charge is 2.31. The molecule has 0 spiro atoms. The fourth-order valence-corrected chi connectivity index (χ4v) is 2.79. The number of carbonyl (C=O) groups excluding carboxylic acids is 1. The summed E-state index contributed by atoms with van der Waals surface area (Å²) in [4.78, 5) is 18.5. The maximum Gasteiger partial charge on any atom is 0.317 e. The van der Waals surface area contributed by atoms with Crippen LogP contribution >= 0.6 is 0 Å². The summed E-state index contributed by atoms with van der Waals surface area (Å²) < 4.78 is 0. The van der Waals surface area contributed by atoms with Gasteiger partial charge in [0.1, 0.15) is 0 Å². The van der Waals surface area contributed by atoms with E-state index >= 15 is 0 Å². The second kappa shape index (κ2) is 6.25. The molecule has 4 nitrogen and oxygen atoms in total. The quantitative estimate of drug-likeness (QED) is 0.920. The Morgan fingerprint density at radius 2 is 2.25 bits per heavy atom. The second-order valence-corrected chi connectivity index (χ2v) is 6.73. The lowest BCUT2D eigenvalue weighted by molar-refractivity contribution is 0.174. The molecular formula is C16H25N3O. The van der Waals surface area contributed by atoms with E-state index in [1.165, 1.54) is 0 Å². The van der Waals surface area contributed by atoms with Gasteiger partial charge >= 0.3 is 6.03 Å². The number of nitrogens with zero attached hydrogens (tertiary/aromatic N) is 2. The first kappa shape index (κ1) is 14.8. The summed E-state index contributed by atoms with van der Waals surface area (Å²) >= 11 is 0. The predicted octanol–water partition coefficient (Wildman–Crippen LogP) is 3.19. The summed E-state index contributed by atoms with van der Waals surface area (Å²) in [6, 6.07) is 6.16. The van der Waals surface area contributed by atoms with Gasteiger partial charge < -0.3 is 10.2 Å². The average molecular weight is 275 g/mol. The number of urea groups is 1. The third kappa shape index (κ3) is 4.22. The van der Waals surface area contributed by atoms with Crippen LogP contribution in [-0.2, 0) is 6.54 Å². The van der Waals surface area contributed by atoms with Crippen LogP contribution in [0.25, 0.3) is 0 Å². The van der Waals surface area contributed by atoms with E-state index in [4.69, 9.17) is 0 Å². The Labute approximate surface area is 121 Å². The number of amides is 2. The van der Waals surface area contributed by atoms with Gasteiger partial charge in [-0.05, 0) is 36.8 Å². The zero-order valence-electron chi connectivity index (χ0n) is 12.7. The van der Waals surface area contributed by atoms with Gasteiger partial charge in [-0.15, -0.1) is 0 Å². The highest BCUT2D eigenvalue weighted by Crippen LogP contribution is 2.29. The fourth-order valence-electron chi connectivity index (χ4n) is 2.79. The number of hydrogen-bond acceptors (Lipinski definition) is 2. The van der Waals surface area contributed by atoms with Gasteiger partial charge in [0.25, 0.3) is 0 Å². The first-order valence-corrected chi connectivity index (χ1v) is 7.40. The number of nitrogens with one attached hydrogen (secondary N) is 1. The van der Waals surface area contributed by atoms with Crippen LogP contribution in [0.15, 0.2) is 24.4 Å². The van der Waals surface area contributed by atoms with Gasteiger partial charge in [-0.3, -0.25) is 4.98 Å². The first-order chi connectivity index (χ1) is 9.46. The summed E-state index contributed by atoms with van der Waals surface area (Å²) in [5.41, 5.74) is 1.15. The topological polar surface area (TPSA) is 45.2 Å². The minimum atomic E-state index is 0.0439. The summed E-state index contributed by atoms with van der Waals surface area (Å²) in [6.07, 6.45) is 5.04. The molecule has 1 aromatic rings. The number of carbonyl (C=O) groups is 1. The normalized spacial score (nSPS) is 19.1. The van der Waals surface area contributed by atoms with Crippen LogP contribution in [0.5, 0.6) is 0 Å². The molecule has 1 aliphatic rings. The van der Waals surface area contributed by atoms with Crippen LogP contribution in [0.3, 0.4) is 0 Å².